The van der Waals surface area contributed by atoms with Crippen LogP contribution in [0.1, 0.15) is 22.3 Å². The van der Waals surface area contributed by atoms with Gasteiger partial charge in [-0.3, -0.25) is 0 Å². The first-order chi connectivity index (χ1) is 7.08. The van der Waals surface area contributed by atoms with E-state index in [9.17, 15) is 0 Å². The Bertz CT molecular complexity index is 373. The van der Waals surface area contributed by atoms with Crippen LogP contribution >= 0.6 is 22.6 Å². The van der Waals surface area contributed by atoms with Crippen LogP contribution in [0.4, 0.5) is 0 Å². The molecule has 0 radical (unpaired) electrons. The van der Waals surface area contributed by atoms with E-state index in [4.69, 9.17) is 9.47 Å². The summed E-state index contributed by atoms with van der Waals surface area (Å²) in [4.78, 5) is 0. The lowest BCUT2D eigenvalue weighted by molar-refractivity contribution is 0.392. The molecule has 0 bridgehead atoms. The fourth-order valence-corrected chi connectivity index (χ4v) is 2.82. The maximum absolute atomic E-state index is 5.47. The lowest BCUT2D eigenvalue weighted by Gasteiger charge is -2.19. The molecule has 0 aliphatic rings. The quantitative estimate of drug-likeness (QED) is 0.626. The molecule has 15 heavy (non-hydrogen) atoms. The van der Waals surface area contributed by atoms with Crippen molar-refractivity contribution in [2.45, 2.75) is 25.2 Å². The van der Waals surface area contributed by atoms with Crippen molar-refractivity contribution in [3.63, 3.8) is 0 Å². The molecule has 1 rings (SSSR count). The van der Waals surface area contributed by atoms with Gasteiger partial charge in [0.1, 0.15) is 11.5 Å². The van der Waals surface area contributed by atoms with Gasteiger partial charge >= 0.3 is 0 Å². The summed E-state index contributed by atoms with van der Waals surface area (Å²) in [5, 5.41) is 0. The van der Waals surface area contributed by atoms with Gasteiger partial charge in [-0.15, -0.1) is 0 Å². The van der Waals surface area contributed by atoms with E-state index < -0.39 is 0 Å². The van der Waals surface area contributed by atoms with E-state index in [2.05, 4.69) is 43.4 Å². The van der Waals surface area contributed by atoms with E-state index in [0.29, 0.717) is 0 Å². The molecule has 0 aliphatic heterocycles. The number of rotatable bonds is 3. The Morgan fingerprint density at radius 1 is 0.867 bits per heavy atom. The van der Waals surface area contributed by atoms with Crippen LogP contribution < -0.4 is 9.47 Å². The third kappa shape index (κ3) is 2.07. The minimum Gasteiger partial charge on any atom is -0.496 e. The van der Waals surface area contributed by atoms with E-state index in [1.807, 2.05) is 0 Å². The van der Waals surface area contributed by atoms with Crippen molar-refractivity contribution in [1.29, 1.82) is 0 Å². The summed E-state index contributed by atoms with van der Waals surface area (Å²) in [6.07, 6.45) is 0. The number of hydrogen-bond acceptors (Lipinski definition) is 2. The first kappa shape index (κ1) is 12.6. The van der Waals surface area contributed by atoms with Gasteiger partial charge in [-0.05, 0) is 37.5 Å². The predicted octanol–water partition coefficient (Wildman–Crippen LogP) is 3.56. The van der Waals surface area contributed by atoms with Gasteiger partial charge in [0, 0.05) is 9.99 Å². The standard InChI is InChI=1S/C12H17IO2/c1-7-8(2)12(15-5)10(6-13)9(3)11(7)14-4/h6H2,1-5H3. The van der Waals surface area contributed by atoms with Gasteiger partial charge in [0.2, 0.25) is 0 Å². The van der Waals surface area contributed by atoms with Gasteiger partial charge in [0.05, 0.1) is 14.2 Å². The van der Waals surface area contributed by atoms with Crippen LogP contribution in [-0.4, -0.2) is 14.2 Å². The normalized spacial score (nSPS) is 10.3. The van der Waals surface area contributed by atoms with Crippen LogP contribution in [0, 0.1) is 20.8 Å². The van der Waals surface area contributed by atoms with Crippen molar-refractivity contribution in [3.8, 4) is 11.5 Å². The van der Waals surface area contributed by atoms with Crippen molar-refractivity contribution in [2.24, 2.45) is 0 Å². The number of benzene rings is 1. The van der Waals surface area contributed by atoms with Crippen LogP contribution in [0.2, 0.25) is 0 Å². The van der Waals surface area contributed by atoms with Crippen LogP contribution in [-0.2, 0) is 4.43 Å². The van der Waals surface area contributed by atoms with E-state index in [1.165, 1.54) is 22.3 Å². The average Bonchev–Trinajstić information content (AvgIpc) is 2.23. The highest BCUT2D eigenvalue weighted by atomic mass is 127. The Hall–Kier alpha value is -0.450. The Balaban J connectivity index is 3.57. The zero-order valence-electron chi connectivity index (χ0n) is 9.90. The average molecular weight is 320 g/mol. The highest BCUT2D eigenvalue weighted by molar-refractivity contribution is 14.1. The van der Waals surface area contributed by atoms with Gasteiger partial charge in [0.15, 0.2) is 0 Å². The maximum atomic E-state index is 5.47. The molecule has 0 atom stereocenters. The molecular formula is C12H17IO2. The second kappa shape index (κ2) is 5.05. The fourth-order valence-electron chi connectivity index (χ4n) is 1.90. The number of ether oxygens (including phenoxy) is 2. The van der Waals surface area contributed by atoms with Crippen LogP contribution in [0.25, 0.3) is 0 Å². The van der Waals surface area contributed by atoms with E-state index >= 15 is 0 Å². The summed E-state index contributed by atoms with van der Waals surface area (Å²) in [7, 11) is 3.45. The topological polar surface area (TPSA) is 18.5 Å². The molecule has 2 nitrogen and oxygen atoms in total. The molecule has 1 aromatic rings. The minimum atomic E-state index is 0.935. The lowest BCUT2D eigenvalue weighted by atomic mass is 9.98. The molecule has 0 amide bonds. The third-order valence-electron chi connectivity index (χ3n) is 2.85. The largest absolute Gasteiger partial charge is 0.496 e. The second-order valence-electron chi connectivity index (χ2n) is 3.55. The molecule has 0 saturated carbocycles. The Morgan fingerprint density at radius 2 is 1.33 bits per heavy atom. The highest BCUT2D eigenvalue weighted by Crippen LogP contribution is 2.38. The molecule has 0 aliphatic carbocycles. The van der Waals surface area contributed by atoms with E-state index in [0.717, 1.165) is 15.9 Å². The summed E-state index contributed by atoms with van der Waals surface area (Å²) < 4.78 is 11.8. The number of halogens is 1. The monoisotopic (exact) mass is 320 g/mol. The first-order valence-electron chi connectivity index (χ1n) is 4.85. The Morgan fingerprint density at radius 3 is 1.73 bits per heavy atom. The van der Waals surface area contributed by atoms with Crippen LogP contribution in [0.3, 0.4) is 0 Å². The van der Waals surface area contributed by atoms with Crippen molar-refractivity contribution in [1.82, 2.24) is 0 Å². The molecular weight excluding hydrogens is 303 g/mol. The highest BCUT2D eigenvalue weighted by Gasteiger charge is 2.17. The molecule has 0 fully saturated rings. The molecule has 3 heteroatoms. The first-order valence-corrected chi connectivity index (χ1v) is 6.37. The van der Waals surface area contributed by atoms with Gasteiger partial charge in [-0.2, -0.15) is 0 Å². The molecule has 0 heterocycles. The molecule has 0 N–H and O–H groups in total. The predicted molar refractivity (Wildman–Crippen MR) is 71.5 cm³/mol. The Kier molecular flexibility index (Phi) is 4.25. The Labute approximate surface area is 105 Å². The summed E-state index contributed by atoms with van der Waals surface area (Å²) in [6.45, 7) is 6.23. The molecule has 1 aromatic carbocycles. The minimum absolute atomic E-state index is 0.935. The lowest BCUT2D eigenvalue weighted by Crippen LogP contribution is -2.02. The van der Waals surface area contributed by atoms with Crippen LogP contribution in [0.15, 0.2) is 0 Å². The molecule has 0 aromatic heterocycles. The number of hydrogen-bond donors (Lipinski definition) is 0. The summed E-state index contributed by atoms with van der Waals surface area (Å²) in [6, 6.07) is 0. The van der Waals surface area contributed by atoms with E-state index in [-0.39, 0.29) is 0 Å². The van der Waals surface area contributed by atoms with Gasteiger partial charge < -0.3 is 9.47 Å². The zero-order chi connectivity index (χ0) is 11.6. The molecule has 0 saturated heterocycles. The van der Waals surface area contributed by atoms with Crippen molar-refractivity contribution in [3.05, 3.63) is 22.3 Å². The molecule has 0 spiro atoms. The summed E-state index contributed by atoms with van der Waals surface area (Å²) in [5.41, 5.74) is 4.76. The van der Waals surface area contributed by atoms with Gasteiger partial charge in [0.25, 0.3) is 0 Å². The molecule has 0 unspecified atom stereocenters. The van der Waals surface area contributed by atoms with Crippen molar-refractivity contribution >= 4 is 22.6 Å². The van der Waals surface area contributed by atoms with Crippen molar-refractivity contribution < 1.29 is 9.47 Å². The SMILES string of the molecule is COc1c(C)c(C)c(OC)c(CI)c1C. The summed E-state index contributed by atoms with van der Waals surface area (Å²) >= 11 is 2.35. The van der Waals surface area contributed by atoms with Crippen LogP contribution in [0.5, 0.6) is 11.5 Å². The number of methoxy groups -OCH3 is 2. The second-order valence-corrected chi connectivity index (χ2v) is 4.32. The molecule has 84 valence electrons. The third-order valence-corrected chi connectivity index (χ3v) is 3.62. The zero-order valence-corrected chi connectivity index (χ0v) is 12.1. The van der Waals surface area contributed by atoms with Gasteiger partial charge in [-0.1, -0.05) is 22.6 Å². The maximum Gasteiger partial charge on any atom is 0.126 e. The van der Waals surface area contributed by atoms with Gasteiger partial charge in [-0.25, -0.2) is 0 Å². The summed E-state index contributed by atoms with van der Waals surface area (Å²) in [5.74, 6) is 1.99. The smallest absolute Gasteiger partial charge is 0.126 e. The van der Waals surface area contributed by atoms with E-state index in [1.54, 1.807) is 14.2 Å². The van der Waals surface area contributed by atoms with Crippen molar-refractivity contribution in [2.75, 3.05) is 14.2 Å². The fraction of sp³-hybridized carbons (Fsp3) is 0.500. The number of alkyl halides is 1.